The molecule has 0 atom stereocenters. The molecule has 0 spiro atoms. The van der Waals surface area contributed by atoms with E-state index in [2.05, 4.69) is 25.6 Å². The van der Waals surface area contributed by atoms with Gasteiger partial charge in [-0.1, -0.05) is 18.2 Å². The van der Waals surface area contributed by atoms with Crippen LogP contribution in [0.3, 0.4) is 0 Å². The average molecular weight is 337 g/mol. The summed E-state index contributed by atoms with van der Waals surface area (Å²) in [7, 11) is 0. The highest BCUT2D eigenvalue weighted by atomic mass is 19.1. The van der Waals surface area contributed by atoms with Crippen molar-refractivity contribution < 1.29 is 9.18 Å². The zero-order chi connectivity index (χ0) is 17.5. The molecule has 3 rings (SSSR count). The van der Waals surface area contributed by atoms with E-state index in [1.165, 1.54) is 24.4 Å². The van der Waals surface area contributed by atoms with Crippen LogP contribution in [-0.4, -0.2) is 20.9 Å². The first-order valence-electron chi connectivity index (χ1n) is 7.70. The van der Waals surface area contributed by atoms with Crippen molar-refractivity contribution in [3.8, 4) is 0 Å². The number of hydrogen-bond donors (Lipinski definition) is 2. The van der Waals surface area contributed by atoms with Crippen molar-refractivity contribution in [2.75, 3.05) is 5.32 Å². The highest BCUT2D eigenvalue weighted by Gasteiger charge is 2.08. The fraction of sp³-hybridized carbons (Fsp3) is 0.111. The van der Waals surface area contributed by atoms with E-state index in [-0.39, 0.29) is 17.4 Å². The van der Waals surface area contributed by atoms with Gasteiger partial charge in [0.2, 0.25) is 5.95 Å². The van der Waals surface area contributed by atoms with Crippen LogP contribution >= 0.6 is 0 Å². The molecule has 2 aromatic heterocycles. The molecule has 25 heavy (non-hydrogen) atoms. The van der Waals surface area contributed by atoms with Gasteiger partial charge in [0.05, 0.1) is 12.2 Å². The highest BCUT2D eigenvalue weighted by molar-refractivity contribution is 5.92. The van der Waals surface area contributed by atoms with E-state index >= 15 is 0 Å². The van der Waals surface area contributed by atoms with Crippen molar-refractivity contribution >= 4 is 11.9 Å². The van der Waals surface area contributed by atoms with Gasteiger partial charge >= 0.3 is 0 Å². The molecule has 2 heterocycles. The first-order chi connectivity index (χ1) is 12.2. The van der Waals surface area contributed by atoms with Crippen LogP contribution in [-0.2, 0) is 13.1 Å². The van der Waals surface area contributed by atoms with Gasteiger partial charge in [0, 0.05) is 18.9 Å². The van der Waals surface area contributed by atoms with Crippen LogP contribution in [0.2, 0.25) is 0 Å². The predicted molar refractivity (Wildman–Crippen MR) is 91.2 cm³/mol. The van der Waals surface area contributed by atoms with E-state index < -0.39 is 0 Å². The Kier molecular flexibility index (Phi) is 5.26. The molecule has 1 amide bonds. The summed E-state index contributed by atoms with van der Waals surface area (Å²) in [5.41, 5.74) is 1.90. The van der Waals surface area contributed by atoms with Crippen molar-refractivity contribution in [2.24, 2.45) is 0 Å². The highest BCUT2D eigenvalue weighted by Crippen LogP contribution is 2.05. The van der Waals surface area contributed by atoms with Gasteiger partial charge in [-0.25, -0.2) is 14.4 Å². The number of benzene rings is 1. The Labute approximate surface area is 144 Å². The number of nitrogens with zero attached hydrogens (tertiary/aromatic N) is 3. The fourth-order valence-electron chi connectivity index (χ4n) is 2.12. The quantitative estimate of drug-likeness (QED) is 0.723. The molecule has 0 unspecified atom stereocenters. The summed E-state index contributed by atoms with van der Waals surface area (Å²) in [4.78, 5) is 24.7. The maximum absolute atomic E-state index is 12.9. The lowest BCUT2D eigenvalue weighted by molar-refractivity contribution is 0.0946. The molecule has 0 bridgehead atoms. The maximum atomic E-state index is 12.9. The lowest BCUT2D eigenvalue weighted by atomic mass is 10.2. The van der Waals surface area contributed by atoms with Crippen molar-refractivity contribution in [3.05, 3.63) is 83.7 Å². The molecule has 0 aliphatic carbocycles. The van der Waals surface area contributed by atoms with E-state index in [9.17, 15) is 9.18 Å². The molecular weight excluding hydrogens is 321 g/mol. The summed E-state index contributed by atoms with van der Waals surface area (Å²) in [5.74, 6) is -0.290. The monoisotopic (exact) mass is 337 g/mol. The number of aromatic nitrogens is 3. The van der Waals surface area contributed by atoms with Crippen molar-refractivity contribution in [1.82, 2.24) is 20.3 Å². The third kappa shape index (κ3) is 4.81. The number of carbonyl (C=O) groups is 1. The van der Waals surface area contributed by atoms with Gasteiger partial charge in [0.15, 0.2) is 0 Å². The summed E-state index contributed by atoms with van der Waals surface area (Å²) in [5, 5.41) is 5.77. The first-order valence-corrected chi connectivity index (χ1v) is 7.70. The Bertz CT molecular complexity index is 840. The normalized spacial score (nSPS) is 10.3. The Hall–Kier alpha value is -3.35. The molecule has 2 N–H and O–H groups in total. The Morgan fingerprint density at radius 3 is 2.56 bits per heavy atom. The summed E-state index contributed by atoms with van der Waals surface area (Å²) >= 11 is 0. The van der Waals surface area contributed by atoms with Crippen LogP contribution in [0.15, 0.2) is 60.9 Å². The van der Waals surface area contributed by atoms with E-state index in [0.717, 1.165) is 11.3 Å². The second-order valence-electron chi connectivity index (χ2n) is 5.25. The molecule has 0 radical (unpaired) electrons. The van der Waals surface area contributed by atoms with Crippen LogP contribution in [0.25, 0.3) is 0 Å². The summed E-state index contributed by atoms with van der Waals surface area (Å²) in [6, 6.07) is 13.1. The summed E-state index contributed by atoms with van der Waals surface area (Å²) in [6.07, 6.45) is 3.22. The van der Waals surface area contributed by atoms with Crippen molar-refractivity contribution in [2.45, 2.75) is 13.1 Å². The minimum absolute atomic E-state index is 0.251. The van der Waals surface area contributed by atoms with Gasteiger partial charge in [-0.05, 0) is 35.9 Å². The van der Waals surface area contributed by atoms with E-state index in [1.807, 2.05) is 18.2 Å². The fourth-order valence-corrected chi connectivity index (χ4v) is 2.12. The molecule has 3 aromatic rings. The number of anilines is 1. The van der Waals surface area contributed by atoms with Gasteiger partial charge in [-0.2, -0.15) is 0 Å². The maximum Gasteiger partial charge on any atom is 0.270 e. The van der Waals surface area contributed by atoms with Crippen LogP contribution < -0.4 is 10.6 Å². The third-order valence-electron chi connectivity index (χ3n) is 3.41. The topological polar surface area (TPSA) is 79.8 Å². The number of hydrogen-bond acceptors (Lipinski definition) is 5. The predicted octanol–water partition coefficient (Wildman–Crippen LogP) is 2.55. The third-order valence-corrected chi connectivity index (χ3v) is 3.41. The van der Waals surface area contributed by atoms with E-state index in [4.69, 9.17) is 0 Å². The van der Waals surface area contributed by atoms with E-state index in [0.29, 0.717) is 19.0 Å². The average Bonchev–Trinajstić information content (AvgIpc) is 2.67. The van der Waals surface area contributed by atoms with E-state index in [1.54, 1.807) is 18.3 Å². The largest absolute Gasteiger partial charge is 0.349 e. The van der Waals surface area contributed by atoms with Gasteiger partial charge in [0.1, 0.15) is 11.5 Å². The summed E-state index contributed by atoms with van der Waals surface area (Å²) < 4.78 is 12.9. The van der Waals surface area contributed by atoms with Gasteiger partial charge in [-0.15, -0.1) is 0 Å². The minimum atomic E-state index is -0.326. The first kappa shape index (κ1) is 16.5. The molecule has 0 saturated carbocycles. The molecule has 7 heteroatoms. The summed E-state index contributed by atoms with van der Waals surface area (Å²) in [6.45, 7) is 0.751. The number of amides is 1. The molecule has 0 saturated heterocycles. The zero-order valence-electron chi connectivity index (χ0n) is 13.3. The second kappa shape index (κ2) is 7.96. The van der Waals surface area contributed by atoms with Crippen molar-refractivity contribution in [1.29, 1.82) is 0 Å². The van der Waals surface area contributed by atoms with Crippen LogP contribution in [0, 0.1) is 5.82 Å². The molecule has 6 nitrogen and oxygen atoms in total. The van der Waals surface area contributed by atoms with Gasteiger partial charge in [-0.3, -0.25) is 9.78 Å². The Morgan fingerprint density at radius 2 is 1.80 bits per heavy atom. The molecular formula is C18H16FN5O. The molecule has 0 fully saturated rings. The minimum Gasteiger partial charge on any atom is -0.349 e. The number of carbonyl (C=O) groups excluding carboxylic acids is 1. The number of nitrogens with one attached hydrogen (secondary N) is 2. The number of pyridine rings is 1. The van der Waals surface area contributed by atoms with Crippen molar-refractivity contribution in [3.63, 3.8) is 0 Å². The molecule has 0 aliphatic rings. The van der Waals surface area contributed by atoms with Crippen LogP contribution in [0.5, 0.6) is 0 Å². The van der Waals surface area contributed by atoms with Gasteiger partial charge in [0.25, 0.3) is 5.91 Å². The Morgan fingerprint density at radius 1 is 0.960 bits per heavy atom. The molecule has 126 valence electrons. The molecule has 1 aromatic carbocycles. The van der Waals surface area contributed by atoms with Gasteiger partial charge < -0.3 is 10.6 Å². The lowest BCUT2D eigenvalue weighted by Crippen LogP contribution is -2.24. The number of rotatable bonds is 6. The standard InChI is InChI=1S/C18H16FN5O/c19-14-6-4-13(5-7-14)11-22-17(25)16-8-10-21-18(24-16)23-12-15-3-1-2-9-20-15/h1-10H,11-12H2,(H,22,25)(H,21,23,24). The molecule has 0 aliphatic heterocycles. The SMILES string of the molecule is O=C(NCc1ccc(F)cc1)c1ccnc(NCc2ccccn2)n1. The second-order valence-corrected chi connectivity index (χ2v) is 5.25. The van der Waals surface area contributed by atoms with Crippen LogP contribution in [0.1, 0.15) is 21.7 Å². The smallest absolute Gasteiger partial charge is 0.270 e. The van der Waals surface area contributed by atoms with Crippen LogP contribution in [0.4, 0.5) is 10.3 Å². The lowest BCUT2D eigenvalue weighted by Gasteiger charge is -2.07. The Balaban J connectivity index is 1.58. The zero-order valence-corrected chi connectivity index (χ0v) is 13.3. The number of halogens is 1.